The van der Waals surface area contributed by atoms with Crippen LogP contribution in [0.15, 0.2) is 42.6 Å². The Morgan fingerprint density at radius 3 is 2.08 bits per heavy atom. The minimum atomic E-state index is 0.733. The van der Waals surface area contributed by atoms with Crippen molar-refractivity contribution in [2.75, 3.05) is 5.75 Å². The van der Waals surface area contributed by atoms with E-state index < -0.39 is 0 Å². The molecule has 0 unspecified atom stereocenters. The SMILES string of the molecule is Cc1ccccc1.NC=CCS. The molecular formula is C10H15NS. The molecule has 0 aliphatic heterocycles. The van der Waals surface area contributed by atoms with E-state index >= 15 is 0 Å². The normalized spacial score (nSPS) is 9.17. The molecule has 0 atom stereocenters. The third-order valence-corrected chi connectivity index (χ3v) is 1.39. The van der Waals surface area contributed by atoms with Crippen LogP contribution < -0.4 is 5.73 Å². The second-order valence-electron chi connectivity index (χ2n) is 2.27. The Balaban J connectivity index is 0.000000217. The zero-order chi connectivity index (χ0) is 9.23. The fourth-order valence-corrected chi connectivity index (χ4v) is 0.717. The lowest BCUT2D eigenvalue weighted by Gasteiger charge is -1.82. The van der Waals surface area contributed by atoms with E-state index in [0.29, 0.717) is 0 Å². The van der Waals surface area contributed by atoms with Gasteiger partial charge in [0.1, 0.15) is 0 Å². The highest BCUT2D eigenvalue weighted by atomic mass is 32.1. The fraction of sp³-hybridized carbons (Fsp3) is 0.200. The Hall–Kier alpha value is -0.890. The summed E-state index contributed by atoms with van der Waals surface area (Å²) in [5.74, 6) is 0.733. The Kier molecular flexibility index (Phi) is 7.60. The van der Waals surface area contributed by atoms with Crippen LogP contribution in [0.25, 0.3) is 0 Å². The van der Waals surface area contributed by atoms with Gasteiger partial charge >= 0.3 is 0 Å². The Bertz CT molecular complexity index is 206. The molecule has 0 aliphatic rings. The van der Waals surface area contributed by atoms with Gasteiger partial charge < -0.3 is 5.73 Å². The van der Waals surface area contributed by atoms with Gasteiger partial charge in [0.15, 0.2) is 0 Å². The number of aryl methyl sites for hydroxylation is 1. The molecule has 0 heterocycles. The minimum absolute atomic E-state index is 0.733. The van der Waals surface area contributed by atoms with Gasteiger partial charge in [0.05, 0.1) is 0 Å². The zero-order valence-electron chi connectivity index (χ0n) is 7.27. The van der Waals surface area contributed by atoms with Crippen LogP contribution in [-0.2, 0) is 0 Å². The van der Waals surface area contributed by atoms with Crippen LogP contribution in [0.5, 0.6) is 0 Å². The maximum absolute atomic E-state index is 4.91. The van der Waals surface area contributed by atoms with Crippen molar-refractivity contribution in [2.24, 2.45) is 5.73 Å². The highest BCUT2D eigenvalue weighted by Crippen LogP contribution is 1.92. The molecular weight excluding hydrogens is 166 g/mol. The highest BCUT2D eigenvalue weighted by Gasteiger charge is 1.72. The molecule has 0 radical (unpaired) electrons. The molecule has 0 saturated heterocycles. The monoisotopic (exact) mass is 181 g/mol. The largest absolute Gasteiger partial charge is 0.405 e. The lowest BCUT2D eigenvalue weighted by Crippen LogP contribution is -1.74. The quantitative estimate of drug-likeness (QED) is 0.639. The van der Waals surface area contributed by atoms with Gasteiger partial charge in [-0.05, 0) is 13.1 Å². The van der Waals surface area contributed by atoms with Crippen molar-refractivity contribution >= 4 is 12.6 Å². The van der Waals surface area contributed by atoms with E-state index in [2.05, 4.69) is 31.7 Å². The van der Waals surface area contributed by atoms with Gasteiger partial charge in [-0.2, -0.15) is 12.6 Å². The fourth-order valence-electron chi connectivity index (χ4n) is 0.595. The average molecular weight is 181 g/mol. The second kappa shape index (κ2) is 8.21. The van der Waals surface area contributed by atoms with Crippen molar-refractivity contribution in [2.45, 2.75) is 6.92 Å². The molecule has 1 nitrogen and oxygen atoms in total. The first-order valence-corrected chi connectivity index (χ1v) is 4.43. The molecule has 0 amide bonds. The van der Waals surface area contributed by atoms with E-state index in [-0.39, 0.29) is 0 Å². The van der Waals surface area contributed by atoms with Crippen molar-refractivity contribution in [3.8, 4) is 0 Å². The second-order valence-corrected chi connectivity index (χ2v) is 2.63. The highest BCUT2D eigenvalue weighted by molar-refractivity contribution is 7.80. The van der Waals surface area contributed by atoms with Crippen molar-refractivity contribution in [1.82, 2.24) is 0 Å². The predicted octanol–water partition coefficient (Wildman–Crippen LogP) is 2.38. The van der Waals surface area contributed by atoms with Crippen LogP contribution >= 0.6 is 12.6 Å². The molecule has 66 valence electrons. The molecule has 2 heteroatoms. The first kappa shape index (κ1) is 11.1. The molecule has 0 saturated carbocycles. The van der Waals surface area contributed by atoms with Crippen LogP contribution in [-0.4, -0.2) is 5.75 Å². The summed E-state index contributed by atoms with van der Waals surface area (Å²) in [6.45, 7) is 2.08. The molecule has 0 bridgehead atoms. The van der Waals surface area contributed by atoms with E-state index in [1.165, 1.54) is 11.8 Å². The van der Waals surface area contributed by atoms with Gasteiger partial charge in [-0.15, -0.1) is 0 Å². The van der Waals surface area contributed by atoms with Crippen molar-refractivity contribution in [3.63, 3.8) is 0 Å². The third kappa shape index (κ3) is 7.22. The van der Waals surface area contributed by atoms with Crippen LogP contribution in [0.2, 0.25) is 0 Å². The molecule has 0 aliphatic carbocycles. The minimum Gasteiger partial charge on any atom is -0.405 e. The lowest BCUT2D eigenvalue weighted by molar-refractivity contribution is 1.48. The molecule has 12 heavy (non-hydrogen) atoms. The summed E-state index contributed by atoms with van der Waals surface area (Å²) in [5.41, 5.74) is 6.23. The molecule has 1 aromatic rings. The third-order valence-electron chi connectivity index (χ3n) is 1.18. The number of rotatable bonds is 1. The smallest absolute Gasteiger partial charge is 0.00996 e. The number of hydrogen-bond donors (Lipinski definition) is 2. The van der Waals surface area contributed by atoms with Crippen LogP contribution in [0.3, 0.4) is 0 Å². The van der Waals surface area contributed by atoms with Crippen molar-refractivity contribution in [3.05, 3.63) is 48.2 Å². The Labute approximate surface area is 79.7 Å². The lowest BCUT2D eigenvalue weighted by atomic mass is 10.2. The summed E-state index contributed by atoms with van der Waals surface area (Å²) >= 11 is 3.83. The van der Waals surface area contributed by atoms with E-state index in [4.69, 9.17) is 5.73 Å². The average Bonchev–Trinajstić information content (AvgIpc) is 2.08. The molecule has 1 rings (SSSR count). The van der Waals surface area contributed by atoms with Crippen LogP contribution in [0, 0.1) is 6.92 Å². The summed E-state index contributed by atoms with van der Waals surface area (Å²) < 4.78 is 0. The van der Waals surface area contributed by atoms with E-state index in [1.807, 2.05) is 18.2 Å². The number of benzene rings is 1. The van der Waals surface area contributed by atoms with Gasteiger partial charge in [0, 0.05) is 5.75 Å². The molecule has 0 fully saturated rings. The van der Waals surface area contributed by atoms with Crippen molar-refractivity contribution < 1.29 is 0 Å². The summed E-state index contributed by atoms with van der Waals surface area (Å²) in [5, 5.41) is 0. The molecule has 1 aromatic carbocycles. The van der Waals surface area contributed by atoms with Gasteiger partial charge in [0.2, 0.25) is 0 Å². The first-order valence-electron chi connectivity index (χ1n) is 3.80. The van der Waals surface area contributed by atoms with E-state index in [1.54, 1.807) is 6.08 Å². The number of hydrogen-bond acceptors (Lipinski definition) is 2. The summed E-state index contributed by atoms with van der Waals surface area (Å²) in [6.07, 6.45) is 3.25. The van der Waals surface area contributed by atoms with Gasteiger partial charge in [0.25, 0.3) is 0 Å². The molecule has 0 spiro atoms. The topological polar surface area (TPSA) is 26.0 Å². The van der Waals surface area contributed by atoms with E-state index in [0.717, 1.165) is 5.75 Å². The van der Waals surface area contributed by atoms with Crippen LogP contribution in [0.4, 0.5) is 0 Å². The summed E-state index contributed by atoms with van der Waals surface area (Å²) in [7, 11) is 0. The van der Waals surface area contributed by atoms with Gasteiger partial charge in [-0.1, -0.05) is 42.0 Å². The number of thiol groups is 1. The first-order chi connectivity index (χ1) is 5.81. The number of nitrogens with two attached hydrogens (primary N) is 1. The maximum atomic E-state index is 4.91. The van der Waals surface area contributed by atoms with Gasteiger partial charge in [-0.3, -0.25) is 0 Å². The zero-order valence-corrected chi connectivity index (χ0v) is 8.17. The van der Waals surface area contributed by atoms with E-state index in [9.17, 15) is 0 Å². The maximum Gasteiger partial charge on any atom is 0.00996 e. The Morgan fingerprint density at radius 2 is 1.92 bits per heavy atom. The van der Waals surface area contributed by atoms with Crippen molar-refractivity contribution in [1.29, 1.82) is 0 Å². The Morgan fingerprint density at radius 1 is 1.33 bits per heavy atom. The van der Waals surface area contributed by atoms with Crippen LogP contribution in [0.1, 0.15) is 5.56 Å². The predicted molar refractivity (Wildman–Crippen MR) is 58.4 cm³/mol. The van der Waals surface area contributed by atoms with Gasteiger partial charge in [-0.25, -0.2) is 0 Å². The molecule has 2 N–H and O–H groups in total. The molecule has 0 aromatic heterocycles. The standard InChI is InChI=1S/C7H8.C3H7NS/c1-7-5-3-2-4-6-7;4-2-1-3-5/h2-6H,1H3;1-2,5H,3-4H2. The summed E-state index contributed by atoms with van der Waals surface area (Å²) in [4.78, 5) is 0. The summed E-state index contributed by atoms with van der Waals surface area (Å²) in [6, 6.07) is 10.3.